The Morgan fingerprint density at radius 3 is 2.67 bits per heavy atom. The summed E-state index contributed by atoms with van der Waals surface area (Å²) >= 11 is 0.733. The molecule has 0 spiro atoms. The minimum absolute atomic E-state index is 0.222. The molecule has 0 aliphatic heterocycles. The summed E-state index contributed by atoms with van der Waals surface area (Å²) in [6, 6.07) is 10.9. The first-order valence-corrected chi connectivity index (χ1v) is 11.2. The van der Waals surface area contributed by atoms with Gasteiger partial charge in [0.2, 0.25) is 0 Å². The number of hydrogen-bond donors (Lipinski definition) is 1. The Balaban J connectivity index is 2.52. The highest BCUT2D eigenvalue weighted by Crippen LogP contribution is 2.36. The normalized spacial score (nSPS) is 12.5. The molecule has 6 heteroatoms. The lowest BCUT2D eigenvalue weighted by Gasteiger charge is -2.21. The second-order valence-electron chi connectivity index (χ2n) is 6.40. The third-order valence-corrected chi connectivity index (χ3v) is 7.01. The Morgan fingerprint density at radius 2 is 2.00 bits per heavy atom. The van der Waals surface area contributed by atoms with E-state index in [2.05, 4.69) is 5.92 Å². The smallest absolute Gasteiger partial charge is 0.185 e. The van der Waals surface area contributed by atoms with E-state index >= 15 is 0 Å². The van der Waals surface area contributed by atoms with Gasteiger partial charge in [0.15, 0.2) is 9.84 Å². The van der Waals surface area contributed by atoms with Gasteiger partial charge >= 0.3 is 0 Å². The topological polar surface area (TPSA) is 54.4 Å². The molecule has 27 heavy (non-hydrogen) atoms. The van der Waals surface area contributed by atoms with Crippen molar-refractivity contribution < 1.29 is 17.4 Å². The molecule has 2 rings (SSSR count). The van der Waals surface area contributed by atoms with Gasteiger partial charge in [0.1, 0.15) is 5.82 Å². The molecule has 144 valence electrons. The number of terminal acetylenes is 1. The van der Waals surface area contributed by atoms with Crippen molar-refractivity contribution in [2.75, 3.05) is 5.75 Å². The first kappa shape index (κ1) is 21.5. The zero-order chi connectivity index (χ0) is 19.9. The summed E-state index contributed by atoms with van der Waals surface area (Å²) in [5.41, 5.74) is 1.91. The lowest BCUT2D eigenvalue weighted by atomic mass is 9.98. The number of benzene rings is 2. The molecule has 1 atom stereocenters. The lowest BCUT2D eigenvalue weighted by molar-refractivity contribution is 0.565. The summed E-state index contributed by atoms with van der Waals surface area (Å²) in [7, 11) is -3.73. The average molecular weight is 407 g/mol. The van der Waals surface area contributed by atoms with E-state index in [1.807, 2.05) is 13.0 Å². The van der Waals surface area contributed by atoms with Crippen molar-refractivity contribution in [1.82, 2.24) is 0 Å². The first-order valence-electron chi connectivity index (χ1n) is 8.69. The van der Waals surface area contributed by atoms with Crippen LogP contribution >= 0.6 is 12.0 Å². The standard InChI is InChI=1S/C21H23FO3S2/c1-3-7-17-11-12-18(22)15-20(17)21(10-4-5-13-26-23)27(24,25)19-9-6-8-16(2)14-19/h1,6,8-9,11-12,14-15,21,23H,4-5,7,10,13H2,2H3. The third-order valence-electron chi connectivity index (χ3n) is 4.39. The summed E-state index contributed by atoms with van der Waals surface area (Å²) < 4.78 is 49.6. The van der Waals surface area contributed by atoms with Crippen molar-refractivity contribution in [2.24, 2.45) is 0 Å². The van der Waals surface area contributed by atoms with Crippen LogP contribution in [-0.2, 0) is 16.3 Å². The molecule has 1 unspecified atom stereocenters. The maximum atomic E-state index is 14.0. The largest absolute Gasteiger partial charge is 0.330 e. The number of hydrogen-bond acceptors (Lipinski definition) is 4. The second kappa shape index (κ2) is 9.93. The summed E-state index contributed by atoms with van der Waals surface area (Å²) in [5, 5.41) is -0.887. The van der Waals surface area contributed by atoms with Gasteiger partial charge in [-0.3, -0.25) is 0 Å². The number of sulfone groups is 1. The zero-order valence-corrected chi connectivity index (χ0v) is 16.8. The van der Waals surface area contributed by atoms with E-state index in [1.165, 1.54) is 12.1 Å². The summed E-state index contributed by atoms with van der Waals surface area (Å²) in [5.74, 6) is 2.56. The highest BCUT2D eigenvalue weighted by Gasteiger charge is 2.30. The molecule has 0 aliphatic carbocycles. The molecule has 0 amide bonds. The molecule has 1 N–H and O–H groups in total. The molecule has 0 radical (unpaired) electrons. The molecule has 0 aromatic heterocycles. The van der Waals surface area contributed by atoms with E-state index in [-0.39, 0.29) is 11.3 Å². The van der Waals surface area contributed by atoms with Gasteiger partial charge in [-0.1, -0.05) is 24.6 Å². The van der Waals surface area contributed by atoms with E-state index in [4.69, 9.17) is 11.0 Å². The molecule has 0 bridgehead atoms. The van der Waals surface area contributed by atoms with Crippen molar-refractivity contribution in [3.05, 3.63) is 65.0 Å². The minimum atomic E-state index is -3.73. The highest BCUT2D eigenvalue weighted by atomic mass is 32.2. The highest BCUT2D eigenvalue weighted by molar-refractivity contribution is 7.93. The molecule has 0 saturated carbocycles. The fourth-order valence-electron chi connectivity index (χ4n) is 3.07. The van der Waals surface area contributed by atoms with Crippen molar-refractivity contribution in [1.29, 1.82) is 0 Å². The predicted octanol–water partition coefficient (Wildman–Crippen LogP) is 5.20. The maximum Gasteiger partial charge on any atom is 0.185 e. The van der Waals surface area contributed by atoms with Gasteiger partial charge < -0.3 is 4.55 Å². The molecule has 0 heterocycles. The Bertz CT molecular complexity index is 917. The van der Waals surface area contributed by atoms with E-state index in [0.29, 0.717) is 36.1 Å². The van der Waals surface area contributed by atoms with Gasteiger partial charge in [0.25, 0.3) is 0 Å². The van der Waals surface area contributed by atoms with Gasteiger partial charge in [-0.15, -0.1) is 12.3 Å². The van der Waals surface area contributed by atoms with E-state index in [9.17, 15) is 12.8 Å². The summed E-state index contributed by atoms with van der Waals surface area (Å²) in [6.45, 7) is 1.83. The number of aryl methyl sites for hydroxylation is 1. The Morgan fingerprint density at radius 1 is 1.22 bits per heavy atom. The fraction of sp³-hybridized carbons (Fsp3) is 0.333. The average Bonchev–Trinajstić information content (AvgIpc) is 2.63. The van der Waals surface area contributed by atoms with Crippen LogP contribution in [0.25, 0.3) is 0 Å². The van der Waals surface area contributed by atoms with Crippen LogP contribution in [0, 0.1) is 25.1 Å². The summed E-state index contributed by atoms with van der Waals surface area (Å²) in [6.07, 6.45) is 7.25. The predicted molar refractivity (Wildman–Crippen MR) is 109 cm³/mol. The van der Waals surface area contributed by atoms with Crippen molar-refractivity contribution >= 4 is 21.9 Å². The van der Waals surface area contributed by atoms with E-state index in [0.717, 1.165) is 17.6 Å². The molecule has 0 aliphatic rings. The number of rotatable bonds is 9. The molecule has 0 saturated heterocycles. The van der Waals surface area contributed by atoms with Gasteiger partial charge in [0.05, 0.1) is 10.1 Å². The Labute approximate surface area is 165 Å². The van der Waals surface area contributed by atoms with Crippen LogP contribution in [0.2, 0.25) is 0 Å². The lowest BCUT2D eigenvalue weighted by Crippen LogP contribution is -2.16. The molecular weight excluding hydrogens is 383 g/mol. The van der Waals surface area contributed by atoms with Crippen LogP contribution in [0.15, 0.2) is 47.4 Å². The maximum absolute atomic E-state index is 14.0. The SMILES string of the molecule is C#CCc1ccc(F)cc1C(CCCCSO)S(=O)(=O)c1cccc(C)c1. The third kappa shape index (κ3) is 5.58. The number of halogens is 1. The molecule has 3 nitrogen and oxygen atoms in total. The van der Waals surface area contributed by atoms with Crippen molar-refractivity contribution in [2.45, 2.75) is 42.8 Å². The van der Waals surface area contributed by atoms with Gasteiger partial charge in [-0.25, -0.2) is 12.8 Å². The molecular formula is C21H23FO3S2. The summed E-state index contributed by atoms with van der Waals surface area (Å²) in [4.78, 5) is 0.222. The van der Waals surface area contributed by atoms with Crippen molar-refractivity contribution in [3.8, 4) is 12.3 Å². The second-order valence-corrected chi connectivity index (χ2v) is 9.20. The molecule has 2 aromatic carbocycles. The van der Waals surface area contributed by atoms with Crippen LogP contribution in [0.1, 0.15) is 41.2 Å². The minimum Gasteiger partial charge on any atom is -0.330 e. The van der Waals surface area contributed by atoms with Crippen LogP contribution < -0.4 is 0 Å². The first-order chi connectivity index (χ1) is 12.9. The monoisotopic (exact) mass is 406 g/mol. The van der Waals surface area contributed by atoms with Gasteiger partial charge in [-0.05, 0) is 72.8 Å². The van der Waals surface area contributed by atoms with Crippen LogP contribution in [0.3, 0.4) is 0 Å². The van der Waals surface area contributed by atoms with Gasteiger partial charge in [0, 0.05) is 12.2 Å². The Kier molecular flexibility index (Phi) is 7.91. The van der Waals surface area contributed by atoms with Crippen LogP contribution in [0.4, 0.5) is 4.39 Å². The van der Waals surface area contributed by atoms with E-state index in [1.54, 1.807) is 24.3 Å². The van der Waals surface area contributed by atoms with E-state index < -0.39 is 20.9 Å². The molecule has 0 fully saturated rings. The zero-order valence-electron chi connectivity index (χ0n) is 15.2. The number of unbranched alkanes of at least 4 members (excludes halogenated alkanes) is 1. The van der Waals surface area contributed by atoms with Crippen LogP contribution in [0.5, 0.6) is 0 Å². The quantitative estimate of drug-likeness (QED) is 0.353. The van der Waals surface area contributed by atoms with Gasteiger partial charge in [-0.2, -0.15) is 0 Å². The van der Waals surface area contributed by atoms with Crippen LogP contribution in [-0.4, -0.2) is 18.7 Å². The molecule has 2 aromatic rings. The van der Waals surface area contributed by atoms with Crippen molar-refractivity contribution in [3.63, 3.8) is 0 Å². The Hall–Kier alpha value is -1.81. The fourth-order valence-corrected chi connectivity index (χ4v) is 5.38.